The lowest BCUT2D eigenvalue weighted by atomic mass is 10.0. The molecule has 0 saturated heterocycles. The van der Waals surface area contributed by atoms with Gasteiger partial charge in [0.25, 0.3) is 0 Å². The van der Waals surface area contributed by atoms with E-state index in [9.17, 15) is 9.59 Å². The van der Waals surface area contributed by atoms with Gasteiger partial charge in [0.05, 0.1) is 6.42 Å². The van der Waals surface area contributed by atoms with Crippen LogP contribution < -0.4 is 11.1 Å². The molecule has 1 aromatic carbocycles. The fourth-order valence-electron chi connectivity index (χ4n) is 1.65. The van der Waals surface area contributed by atoms with Crippen molar-refractivity contribution in [3.63, 3.8) is 0 Å². The summed E-state index contributed by atoms with van der Waals surface area (Å²) in [6.45, 7) is 5.28. The Hall–Kier alpha value is -2.08. The van der Waals surface area contributed by atoms with E-state index < -0.39 is 23.7 Å². The average Bonchev–Trinajstić information content (AvgIpc) is 2.25. The molecule has 0 bridgehead atoms. The van der Waals surface area contributed by atoms with Gasteiger partial charge in [-0.05, 0) is 32.4 Å². The summed E-state index contributed by atoms with van der Waals surface area (Å²) in [4.78, 5) is 22.4. The summed E-state index contributed by atoms with van der Waals surface area (Å²) in [6, 6.07) is 6.10. The highest BCUT2D eigenvalue weighted by Gasteiger charge is 2.19. The Balaban J connectivity index is 2.85. The first-order valence-electron chi connectivity index (χ1n) is 6.25. The number of carboxylic acids is 1. The molecule has 1 atom stereocenters. The molecule has 1 amide bonds. The zero-order chi connectivity index (χ0) is 15.3. The van der Waals surface area contributed by atoms with Crippen molar-refractivity contribution < 1.29 is 19.4 Å². The molecule has 1 rings (SSSR count). The molecule has 0 aromatic heterocycles. The number of aliphatic carboxylic acids is 1. The highest BCUT2D eigenvalue weighted by Crippen LogP contribution is 2.24. The number of hydrogen-bond donors (Lipinski definition) is 3. The van der Waals surface area contributed by atoms with Crippen LogP contribution in [0.2, 0.25) is 0 Å². The number of rotatable bonds is 4. The largest absolute Gasteiger partial charge is 0.481 e. The minimum Gasteiger partial charge on any atom is -0.481 e. The number of hydrogen-bond acceptors (Lipinski definition) is 4. The fourth-order valence-corrected chi connectivity index (χ4v) is 1.65. The van der Waals surface area contributed by atoms with E-state index in [-0.39, 0.29) is 6.42 Å². The first-order valence-corrected chi connectivity index (χ1v) is 6.25. The van der Waals surface area contributed by atoms with Crippen molar-refractivity contribution in [2.24, 2.45) is 5.73 Å². The first kappa shape index (κ1) is 16.0. The van der Waals surface area contributed by atoms with E-state index >= 15 is 0 Å². The molecule has 0 aliphatic rings. The van der Waals surface area contributed by atoms with Crippen molar-refractivity contribution in [3.8, 4) is 0 Å². The third-order valence-electron chi connectivity index (χ3n) is 2.39. The van der Waals surface area contributed by atoms with Crippen LogP contribution in [-0.2, 0) is 9.53 Å². The Bertz CT molecular complexity index is 494. The number of nitrogens with one attached hydrogen (secondary N) is 1. The molecule has 0 aliphatic carbocycles. The molecule has 1 aromatic rings. The lowest BCUT2D eigenvalue weighted by molar-refractivity contribution is -0.137. The standard InChI is InChI=1S/C14H20N2O4/c1-14(2,3)20-13(19)16-11-7-5-4-6-9(11)10(15)8-12(17)18/h4-7,10H,8,15H2,1-3H3,(H,16,19)(H,17,18). The molecule has 1 unspecified atom stereocenters. The molecule has 0 radical (unpaired) electrons. The van der Waals surface area contributed by atoms with E-state index in [1.165, 1.54) is 0 Å². The Labute approximate surface area is 117 Å². The summed E-state index contributed by atoms with van der Waals surface area (Å²) < 4.78 is 5.15. The van der Waals surface area contributed by atoms with Crippen LogP contribution in [0.5, 0.6) is 0 Å². The van der Waals surface area contributed by atoms with Gasteiger partial charge in [0.15, 0.2) is 0 Å². The van der Waals surface area contributed by atoms with E-state index in [1.807, 2.05) is 0 Å². The molecule has 0 spiro atoms. The molecular formula is C14H20N2O4. The van der Waals surface area contributed by atoms with Crippen LogP contribution >= 0.6 is 0 Å². The lowest BCUT2D eigenvalue weighted by Crippen LogP contribution is -2.28. The van der Waals surface area contributed by atoms with Gasteiger partial charge in [-0.2, -0.15) is 0 Å². The maximum Gasteiger partial charge on any atom is 0.412 e. The smallest absolute Gasteiger partial charge is 0.412 e. The molecule has 0 fully saturated rings. The van der Waals surface area contributed by atoms with Gasteiger partial charge >= 0.3 is 12.1 Å². The first-order chi connectivity index (χ1) is 9.19. The number of carboxylic acid groups (broad SMARTS) is 1. The van der Waals surface area contributed by atoms with Crippen molar-refractivity contribution in [2.45, 2.75) is 38.8 Å². The quantitative estimate of drug-likeness (QED) is 0.786. The zero-order valence-corrected chi connectivity index (χ0v) is 11.8. The number of carbonyl (C=O) groups is 2. The number of anilines is 1. The van der Waals surface area contributed by atoms with Gasteiger partial charge in [-0.25, -0.2) is 4.79 Å². The minimum absolute atomic E-state index is 0.215. The molecule has 20 heavy (non-hydrogen) atoms. The summed E-state index contributed by atoms with van der Waals surface area (Å²) in [5.74, 6) is -0.996. The highest BCUT2D eigenvalue weighted by atomic mass is 16.6. The van der Waals surface area contributed by atoms with Crippen LogP contribution in [0.15, 0.2) is 24.3 Å². The summed E-state index contributed by atoms with van der Waals surface area (Å²) >= 11 is 0. The summed E-state index contributed by atoms with van der Waals surface area (Å²) in [5.41, 5.74) is 6.23. The Morgan fingerprint density at radius 3 is 2.50 bits per heavy atom. The fraction of sp³-hybridized carbons (Fsp3) is 0.429. The highest BCUT2D eigenvalue weighted by molar-refractivity contribution is 5.86. The van der Waals surface area contributed by atoms with Gasteiger partial charge in [0.1, 0.15) is 5.60 Å². The van der Waals surface area contributed by atoms with E-state index in [0.29, 0.717) is 11.3 Å². The Morgan fingerprint density at radius 2 is 1.95 bits per heavy atom. The van der Waals surface area contributed by atoms with Crippen LogP contribution in [0.3, 0.4) is 0 Å². The van der Waals surface area contributed by atoms with Gasteiger partial charge in [-0.1, -0.05) is 18.2 Å². The number of ether oxygens (including phenoxy) is 1. The predicted molar refractivity (Wildman–Crippen MR) is 75.5 cm³/mol. The second kappa shape index (κ2) is 6.38. The predicted octanol–water partition coefficient (Wildman–Crippen LogP) is 2.51. The Morgan fingerprint density at radius 1 is 1.35 bits per heavy atom. The third kappa shape index (κ3) is 5.27. The van der Waals surface area contributed by atoms with Crippen LogP contribution in [0.4, 0.5) is 10.5 Å². The van der Waals surface area contributed by atoms with Crippen molar-refractivity contribution in [3.05, 3.63) is 29.8 Å². The second-order valence-corrected chi connectivity index (χ2v) is 5.42. The van der Waals surface area contributed by atoms with Crippen molar-refractivity contribution in [1.82, 2.24) is 0 Å². The number of benzene rings is 1. The number of para-hydroxylation sites is 1. The third-order valence-corrected chi connectivity index (χ3v) is 2.39. The van der Waals surface area contributed by atoms with Crippen LogP contribution in [0, 0.1) is 0 Å². The lowest BCUT2D eigenvalue weighted by Gasteiger charge is -2.21. The van der Waals surface area contributed by atoms with Crippen LogP contribution in [0.1, 0.15) is 38.8 Å². The molecule has 0 heterocycles. The molecule has 6 heteroatoms. The second-order valence-electron chi connectivity index (χ2n) is 5.42. The molecule has 4 N–H and O–H groups in total. The van der Waals surface area contributed by atoms with Crippen molar-refractivity contribution in [1.29, 1.82) is 0 Å². The van der Waals surface area contributed by atoms with Crippen LogP contribution in [0.25, 0.3) is 0 Å². The summed E-state index contributed by atoms with van der Waals surface area (Å²) in [5, 5.41) is 11.4. The topological polar surface area (TPSA) is 102 Å². The number of carbonyl (C=O) groups excluding carboxylic acids is 1. The number of nitrogens with two attached hydrogens (primary N) is 1. The molecule has 0 aliphatic heterocycles. The zero-order valence-electron chi connectivity index (χ0n) is 11.8. The van der Waals surface area contributed by atoms with Gasteiger partial charge < -0.3 is 15.6 Å². The van der Waals surface area contributed by atoms with Gasteiger partial charge in [0, 0.05) is 11.7 Å². The monoisotopic (exact) mass is 280 g/mol. The van der Waals surface area contributed by atoms with E-state index in [0.717, 1.165) is 0 Å². The minimum atomic E-state index is -0.996. The SMILES string of the molecule is CC(C)(C)OC(=O)Nc1ccccc1C(N)CC(=O)O. The normalized spacial score (nSPS) is 12.6. The van der Waals surface area contributed by atoms with Crippen molar-refractivity contribution >= 4 is 17.7 Å². The van der Waals surface area contributed by atoms with Crippen LogP contribution in [-0.4, -0.2) is 22.8 Å². The molecule has 6 nitrogen and oxygen atoms in total. The number of amides is 1. The summed E-state index contributed by atoms with van der Waals surface area (Å²) in [6.07, 6.45) is -0.819. The molecule has 110 valence electrons. The van der Waals surface area contributed by atoms with Crippen molar-refractivity contribution in [2.75, 3.05) is 5.32 Å². The molecule has 0 saturated carbocycles. The molecular weight excluding hydrogens is 260 g/mol. The Kier molecular flexibility index (Phi) is 5.10. The van der Waals surface area contributed by atoms with E-state index in [1.54, 1.807) is 45.0 Å². The van der Waals surface area contributed by atoms with E-state index in [4.69, 9.17) is 15.6 Å². The summed E-state index contributed by atoms with van der Waals surface area (Å²) in [7, 11) is 0. The maximum absolute atomic E-state index is 11.7. The average molecular weight is 280 g/mol. The van der Waals surface area contributed by atoms with Gasteiger partial charge in [-0.15, -0.1) is 0 Å². The maximum atomic E-state index is 11.7. The van der Waals surface area contributed by atoms with Gasteiger partial charge in [0.2, 0.25) is 0 Å². The van der Waals surface area contributed by atoms with E-state index in [2.05, 4.69) is 5.32 Å². The van der Waals surface area contributed by atoms with Gasteiger partial charge in [-0.3, -0.25) is 10.1 Å².